The predicted octanol–water partition coefficient (Wildman–Crippen LogP) is 3.80. The normalized spacial score (nSPS) is 18.7. The first-order valence-electron chi connectivity index (χ1n) is 11.6. The molecule has 2 aliphatic rings. The molecule has 0 aromatic carbocycles. The first-order chi connectivity index (χ1) is 14.2. The lowest BCUT2D eigenvalue weighted by atomic mass is 10.1. The molecule has 0 radical (unpaired) electrons. The zero-order chi connectivity index (χ0) is 20.3. The molecule has 0 amide bonds. The van der Waals surface area contributed by atoms with Gasteiger partial charge in [0, 0.05) is 38.9 Å². The fraction of sp³-hybridized carbons (Fsp3) is 0.739. The van der Waals surface area contributed by atoms with Gasteiger partial charge in [-0.15, -0.1) is 24.0 Å². The van der Waals surface area contributed by atoms with Crippen molar-refractivity contribution in [1.82, 2.24) is 20.5 Å². The van der Waals surface area contributed by atoms with Crippen LogP contribution in [0.3, 0.4) is 0 Å². The highest BCUT2D eigenvalue weighted by atomic mass is 127. The zero-order valence-electron chi connectivity index (χ0n) is 18.9. The van der Waals surface area contributed by atoms with Gasteiger partial charge in [-0.1, -0.05) is 18.9 Å². The molecular formula is C23H41IN6. The molecule has 7 heteroatoms. The number of halogens is 1. The zero-order valence-corrected chi connectivity index (χ0v) is 21.2. The maximum absolute atomic E-state index is 4.57. The van der Waals surface area contributed by atoms with Crippen LogP contribution in [-0.4, -0.2) is 68.2 Å². The standard InChI is InChI=1S/C23H40N6.HI/c1-20-9-10-22(26-19-20)29-17-11-21(12-18-29)27-23(24-2)25-13-5-3-6-14-28-15-7-4-8-16-28;/h9-10,19,21H,3-8,11-18H2,1-2H3,(H2,24,25,27);1H. The molecule has 170 valence electrons. The molecule has 3 rings (SSSR count). The molecule has 0 aliphatic carbocycles. The highest BCUT2D eigenvalue weighted by Crippen LogP contribution is 2.18. The number of unbranched alkanes of at least 4 members (excludes halogenated alkanes) is 2. The molecule has 1 aromatic heterocycles. The topological polar surface area (TPSA) is 55.8 Å². The summed E-state index contributed by atoms with van der Waals surface area (Å²) in [5.41, 5.74) is 1.21. The Balaban J connectivity index is 0.00000320. The van der Waals surface area contributed by atoms with E-state index in [9.17, 15) is 0 Å². The number of hydrogen-bond acceptors (Lipinski definition) is 4. The van der Waals surface area contributed by atoms with E-state index in [0.29, 0.717) is 6.04 Å². The summed E-state index contributed by atoms with van der Waals surface area (Å²) in [6.45, 7) is 9.08. The molecule has 3 heterocycles. The second kappa shape index (κ2) is 14.1. The number of pyridine rings is 1. The average molecular weight is 529 g/mol. The third-order valence-electron chi connectivity index (χ3n) is 6.17. The molecule has 0 saturated carbocycles. The van der Waals surface area contributed by atoms with Gasteiger partial charge in [0.2, 0.25) is 0 Å². The first kappa shape index (κ1) is 25.2. The minimum atomic E-state index is 0. The van der Waals surface area contributed by atoms with Crippen LogP contribution in [-0.2, 0) is 0 Å². The highest BCUT2D eigenvalue weighted by Gasteiger charge is 2.20. The average Bonchev–Trinajstić information content (AvgIpc) is 2.77. The Morgan fingerprint density at radius 2 is 1.83 bits per heavy atom. The summed E-state index contributed by atoms with van der Waals surface area (Å²) in [6.07, 6.45) is 12.2. The van der Waals surface area contributed by atoms with Crippen LogP contribution in [0.4, 0.5) is 5.82 Å². The molecule has 2 aliphatic heterocycles. The van der Waals surface area contributed by atoms with E-state index in [4.69, 9.17) is 0 Å². The van der Waals surface area contributed by atoms with Gasteiger partial charge >= 0.3 is 0 Å². The van der Waals surface area contributed by atoms with E-state index in [1.807, 2.05) is 13.2 Å². The third-order valence-corrected chi connectivity index (χ3v) is 6.17. The summed E-state index contributed by atoms with van der Waals surface area (Å²) in [5, 5.41) is 7.12. The molecular weight excluding hydrogens is 487 g/mol. The Morgan fingerprint density at radius 3 is 2.50 bits per heavy atom. The Labute approximate surface area is 200 Å². The quantitative estimate of drug-likeness (QED) is 0.233. The fourth-order valence-corrected chi connectivity index (χ4v) is 4.31. The van der Waals surface area contributed by atoms with Gasteiger partial charge in [0.05, 0.1) is 0 Å². The number of nitrogens with zero attached hydrogens (tertiary/aromatic N) is 4. The fourth-order valence-electron chi connectivity index (χ4n) is 4.31. The van der Waals surface area contributed by atoms with Crippen molar-refractivity contribution in [1.29, 1.82) is 0 Å². The number of aryl methyl sites for hydroxylation is 1. The Kier molecular flexibility index (Phi) is 11.8. The van der Waals surface area contributed by atoms with Crippen molar-refractivity contribution < 1.29 is 0 Å². The molecule has 0 spiro atoms. The van der Waals surface area contributed by atoms with Crippen LogP contribution in [0, 0.1) is 6.92 Å². The van der Waals surface area contributed by atoms with Gasteiger partial charge in [-0.05, 0) is 76.7 Å². The molecule has 6 nitrogen and oxygen atoms in total. The van der Waals surface area contributed by atoms with Crippen molar-refractivity contribution in [3.05, 3.63) is 23.9 Å². The summed E-state index contributed by atoms with van der Waals surface area (Å²) in [7, 11) is 1.87. The molecule has 0 bridgehead atoms. The van der Waals surface area contributed by atoms with Gasteiger partial charge in [-0.3, -0.25) is 4.99 Å². The van der Waals surface area contributed by atoms with Crippen LogP contribution in [0.15, 0.2) is 23.3 Å². The SMILES string of the molecule is CN=C(NCCCCCN1CCCCC1)NC1CCN(c2ccc(C)cn2)CC1.I. The molecule has 2 fully saturated rings. The van der Waals surface area contributed by atoms with Crippen LogP contribution in [0.1, 0.15) is 56.9 Å². The van der Waals surface area contributed by atoms with Gasteiger partial charge in [-0.2, -0.15) is 0 Å². The van der Waals surface area contributed by atoms with E-state index >= 15 is 0 Å². The monoisotopic (exact) mass is 528 g/mol. The Morgan fingerprint density at radius 1 is 1.07 bits per heavy atom. The van der Waals surface area contributed by atoms with Crippen molar-refractivity contribution in [3.63, 3.8) is 0 Å². The summed E-state index contributed by atoms with van der Waals surface area (Å²) in [4.78, 5) is 14.0. The lowest BCUT2D eigenvalue weighted by Gasteiger charge is -2.33. The number of hydrogen-bond donors (Lipinski definition) is 2. The highest BCUT2D eigenvalue weighted by molar-refractivity contribution is 14.0. The molecule has 30 heavy (non-hydrogen) atoms. The number of aliphatic imine (C=N–C) groups is 1. The summed E-state index contributed by atoms with van der Waals surface area (Å²) >= 11 is 0. The Hall–Kier alpha value is -1.09. The lowest BCUT2D eigenvalue weighted by Crippen LogP contribution is -2.49. The van der Waals surface area contributed by atoms with Crippen molar-refractivity contribution in [2.24, 2.45) is 4.99 Å². The number of anilines is 1. The van der Waals surface area contributed by atoms with E-state index in [1.54, 1.807) is 0 Å². The van der Waals surface area contributed by atoms with Crippen LogP contribution < -0.4 is 15.5 Å². The minimum Gasteiger partial charge on any atom is -0.356 e. The lowest BCUT2D eigenvalue weighted by molar-refractivity contribution is 0.224. The van der Waals surface area contributed by atoms with E-state index in [2.05, 4.69) is 49.5 Å². The largest absolute Gasteiger partial charge is 0.356 e. The smallest absolute Gasteiger partial charge is 0.191 e. The van der Waals surface area contributed by atoms with Crippen molar-refractivity contribution >= 4 is 35.8 Å². The molecule has 2 saturated heterocycles. The molecule has 0 unspecified atom stereocenters. The first-order valence-corrected chi connectivity index (χ1v) is 11.6. The van der Waals surface area contributed by atoms with Crippen molar-refractivity contribution in [3.8, 4) is 0 Å². The minimum absolute atomic E-state index is 0. The predicted molar refractivity (Wildman–Crippen MR) is 138 cm³/mol. The Bertz CT molecular complexity index is 607. The number of likely N-dealkylation sites (tertiary alicyclic amines) is 1. The van der Waals surface area contributed by atoms with Crippen LogP contribution in [0.2, 0.25) is 0 Å². The van der Waals surface area contributed by atoms with Gasteiger partial charge in [-0.25, -0.2) is 4.98 Å². The van der Waals surface area contributed by atoms with Gasteiger partial charge < -0.3 is 20.4 Å². The summed E-state index contributed by atoms with van der Waals surface area (Å²) in [5.74, 6) is 2.05. The van der Waals surface area contributed by atoms with Gasteiger partial charge in [0.25, 0.3) is 0 Å². The second-order valence-corrected chi connectivity index (χ2v) is 8.56. The number of aromatic nitrogens is 1. The van der Waals surface area contributed by atoms with Crippen LogP contribution in [0.25, 0.3) is 0 Å². The number of guanidine groups is 1. The molecule has 0 atom stereocenters. The van der Waals surface area contributed by atoms with Gasteiger partial charge in [0.15, 0.2) is 5.96 Å². The molecule has 2 N–H and O–H groups in total. The second-order valence-electron chi connectivity index (χ2n) is 8.56. The van der Waals surface area contributed by atoms with Crippen molar-refractivity contribution in [2.45, 2.75) is 64.3 Å². The van der Waals surface area contributed by atoms with Crippen LogP contribution in [0.5, 0.6) is 0 Å². The van der Waals surface area contributed by atoms with Gasteiger partial charge in [0.1, 0.15) is 5.82 Å². The number of rotatable bonds is 8. The maximum Gasteiger partial charge on any atom is 0.191 e. The number of piperidine rings is 2. The molecule has 1 aromatic rings. The van der Waals surface area contributed by atoms with E-state index in [1.165, 1.54) is 63.7 Å². The van der Waals surface area contributed by atoms with E-state index in [0.717, 1.165) is 44.3 Å². The third kappa shape index (κ3) is 8.57. The summed E-state index contributed by atoms with van der Waals surface area (Å²) in [6, 6.07) is 4.77. The van der Waals surface area contributed by atoms with Crippen LogP contribution >= 0.6 is 24.0 Å². The van der Waals surface area contributed by atoms with Crippen molar-refractivity contribution in [2.75, 3.05) is 51.2 Å². The van der Waals surface area contributed by atoms with E-state index in [-0.39, 0.29) is 24.0 Å². The number of nitrogens with one attached hydrogen (secondary N) is 2. The summed E-state index contributed by atoms with van der Waals surface area (Å²) < 4.78 is 0. The maximum atomic E-state index is 4.57. The van der Waals surface area contributed by atoms with E-state index < -0.39 is 0 Å².